The minimum Gasteiger partial charge on any atom is -0.390 e. The minimum absolute atomic E-state index is 0.134. The van der Waals surface area contributed by atoms with E-state index < -0.39 is 6.10 Å². The third kappa shape index (κ3) is 6.28. The maximum Gasteiger partial charge on any atom is 0.210 e. The van der Waals surface area contributed by atoms with Crippen LogP contribution in [0.5, 0.6) is 0 Å². The van der Waals surface area contributed by atoms with Crippen LogP contribution in [0.25, 0.3) is 0 Å². The van der Waals surface area contributed by atoms with Gasteiger partial charge in [0.25, 0.3) is 0 Å². The van der Waals surface area contributed by atoms with Gasteiger partial charge in [0.15, 0.2) is 4.34 Å². The molecule has 0 amide bonds. The molecule has 0 unspecified atom stereocenters. The number of nitrogens with zero attached hydrogens (tertiary/aromatic N) is 2. The van der Waals surface area contributed by atoms with Crippen LogP contribution in [0.1, 0.15) is 11.1 Å². The monoisotopic (exact) mass is 405 g/mol. The number of aliphatic hydroxyl groups is 1. The summed E-state index contributed by atoms with van der Waals surface area (Å²) in [5, 5.41) is 22.1. The Hall–Kier alpha value is -2.00. The van der Waals surface area contributed by atoms with Crippen LogP contribution in [-0.4, -0.2) is 33.8 Å². The van der Waals surface area contributed by atoms with Crippen molar-refractivity contribution in [3.63, 3.8) is 0 Å². The molecular formula is C19H20FN3O2S2. The van der Waals surface area contributed by atoms with Crippen molar-refractivity contribution in [2.24, 2.45) is 0 Å². The van der Waals surface area contributed by atoms with E-state index in [9.17, 15) is 9.50 Å². The number of nitrogens with one attached hydrogen (secondary N) is 1. The van der Waals surface area contributed by atoms with Crippen LogP contribution < -0.4 is 5.32 Å². The van der Waals surface area contributed by atoms with Crippen LogP contribution in [0.3, 0.4) is 0 Å². The molecule has 3 rings (SSSR count). The summed E-state index contributed by atoms with van der Waals surface area (Å²) in [6.45, 7) is 2.31. The molecule has 0 spiro atoms. The Kier molecular flexibility index (Phi) is 7.17. The zero-order valence-electron chi connectivity index (χ0n) is 14.8. The molecule has 0 saturated carbocycles. The van der Waals surface area contributed by atoms with E-state index in [-0.39, 0.29) is 19.0 Å². The smallest absolute Gasteiger partial charge is 0.210 e. The van der Waals surface area contributed by atoms with Crippen molar-refractivity contribution in [1.29, 1.82) is 0 Å². The summed E-state index contributed by atoms with van der Waals surface area (Å²) in [4.78, 5) is 0. The summed E-state index contributed by atoms with van der Waals surface area (Å²) >= 11 is 2.84. The molecule has 1 heterocycles. The number of hydrogen-bond donors (Lipinski definition) is 2. The Labute approximate surface area is 165 Å². The number of aliphatic hydroxyl groups excluding tert-OH is 1. The van der Waals surface area contributed by atoms with Gasteiger partial charge in [0.1, 0.15) is 5.82 Å². The van der Waals surface area contributed by atoms with E-state index in [1.54, 1.807) is 18.2 Å². The van der Waals surface area contributed by atoms with E-state index in [1.165, 1.54) is 34.7 Å². The molecule has 8 heteroatoms. The van der Waals surface area contributed by atoms with Crippen LogP contribution >= 0.6 is 23.1 Å². The first kappa shape index (κ1) is 19.8. The summed E-state index contributed by atoms with van der Waals surface area (Å²) in [6, 6.07) is 14.5. The number of hydrogen-bond acceptors (Lipinski definition) is 7. The van der Waals surface area contributed by atoms with E-state index in [0.29, 0.717) is 16.4 Å². The van der Waals surface area contributed by atoms with Crippen LogP contribution in [0.4, 0.5) is 15.2 Å². The first-order valence-corrected chi connectivity index (χ1v) is 10.2. The quantitative estimate of drug-likeness (QED) is 0.515. The molecule has 1 aromatic heterocycles. The molecule has 0 aliphatic rings. The highest BCUT2D eigenvalue weighted by Crippen LogP contribution is 2.28. The number of thioether (sulfide) groups is 1. The third-order valence-electron chi connectivity index (χ3n) is 3.63. The highest BCUT2D eigenvalue weighted by Gasteiger charge is 2.10. The molecule has 2 aromatic carbocycles. The Morgan fingerprint density at radius 2 is 1.96 bits per heavy atom. The van der Waals surface area contributed by atoms with Crippen molar-refractivity contribution in [2.75, 3.05) is 17.7 Å². The fraction of sp³-hybridized carbons (Fsp3) is 0.263. The SMILES string of the molecule is Cc1ccc(Nc2nnc(SC[C@H](O)COCc3ccccc3F)s2)cc1. The van der Waals surface area contributed by atoms with Crippen molar-refractivity contribution < 1.29 is 14.2 Å². The normalized spacial score (nSPS) is 12.1. The maximum absolute atomic E-state index is 13.5. The maximum atomic E-state index is 13.5. The molecule has 0 radical (unpaired) electrons. The zero-order valence-corrected chi connectivity index (χ0v) is 16.4. The van der Waals surface area contributed by atoms with Gasteiger partial charge in [0, 0.05) is 17.0 Å². The van der Waals surface area contributed by atoms with Crippen molar-refractivity contribution in [3.8, 4) is 0 Å². The summed E-state index contributed by atoms with van der Waals surface area (Å²) in [5.41, 5.74) is 2.63. The highest BCUT2D eigenvalue weighted by molar-refractivity contribution is 8.01. The van der Waals surface area contributed by atoms with Gasteiger partial charge in [-0.15, -0.1) is 10.2 Å². The summed E-state index contributed by atoms with van der Waals surface area (Å²) in [5.74, 6) is 0.125. The predicted molar refractivity (Wildman–Crippen MR) is 107 cm³/mol. The molecule has 0 aliphatic heterocycles. The van der Waals surface area contributed by atoms with Crippen LogP contribution in [-0.2, 0) is 11.3 Å². The first-order chi connectivity index (χ1) is 13.1. The Bertz CT molecular complexity index is 858. The number of rotatable bonds is 9. The Morgan fingerprint density at radius 1 is 1.19 bits per heavy atom. The molecule has 1 atom stereocenters. The highest BCUT2D eigenvalue weighted by atomic mass is 32.2. The lowest BCUT2D eigenvalue weighted by atomic mass is 10.2. The average Bonchev–Trinajstić information content (AvgIpc) is 3.11. The Balaban J connectivity index is 1.40. The number of benzene rings is 2. The van der Waals surface area contributed by atoms with Gasteiger partial charge in [0.2, 0.25) is 5.13 Å². The number of halogens is 1. The molecule has 0 saturated heterocycles. The van der Waals surface area contributed by atoms with Gasteiger partial charge in [-0.1, -0.05) is 59.0 Å². The van der Waals surface area contributed by atoms with E-state index >= 15 is 0 Å². The van der Waals surface area contributed by atoms with Gasteiger partial charge in [-0.25, -0.2) is 4.39 Å². The molecule has 0 bridgehead atoms. The molecule has 0 aliphatic carbocycles. The van der Waals surface area contributed by atoms with Gasteiger partial charge < -0.3 is 15.2 Å². The second kappa shape index (κ2) is 9.80. The molecule has 3 aromatic rings. The van der Waals surface area contributed by atoms with Gasteiger partial charge in [-0.05, 0) is 25.1 Å². The fourth-order valence-corrected chi connectivity index (χ4v) is 3.92. The second-order valence-electron chi connectivity index (χ2n) is 5.94. The lowest BCUT2D eigenvalue weighted by Gasteiger charge is -2.10. The molecule has 0 fully saturated rings. The average molecular weight is 406 g/mol. The van der Waals surface area contributed by atoms with Crippen LogP contribution in [0.2, 0.25) is 0 Å². The lowest BCUT2D eigenvalue weighted by molar-refractivity contribution is 0.0387. The van der Waals surface area contributed by atoms with Gasteiger partial charge in [-0.2, -0.15) is 0 Å². The minimum atomic E-state index is -0.667. The first-order valence-electron chi connectivity index (χ1n) is 8.39. The number of anilines is 2. The van der Waals surface area contributed by atoms with E-state index in [2.05, 4.69) is 15.5 Å². The largest absolute Gasteiger partial charge is 0.390 e. The molecule has 2 N–H and O–H groups in total. The van der Waals surface area contributed by atoms with Crippen molar-refractivity contribution in [1.82, 2.24) is 10.2 Å². The molecular weight excluding hydrogens is 385 g/mol. The summed E-state index contributed by atoms with van der Waals surface area (Å²) in [7, 11) is 0. The standard InChI is InChI=1S/C19H20FN3O2S2/c1-13-6-8-15(9-7-13)21-18-22-23-19(27-18)26-12-16(24)11-25-10-14-4-2-3-5-17(14)20/h2-9,16,24H,10-12H2,1H3,(H,21,22)/t16-/m1/s1. The van der Waals surface area contributed by atoms with E-state index in [1.807, 2.05) is 31.2 Å². The number of aromatic nitrogens is 2. The van der Waals surface area contributed by atoms with E-state index in [4.69, 9.17) is 4.74 Å². The predicted octanol–water partition coefficient (Wildman–Crippen LogP) is 4.40. The van der Waals surface area contributed by atoms with Gasteiger partial charge in [-0.3, -0.25) is 0 Å². The topological polar surface area (TPSA) is 67.3 Å². The molecule has 27 heavy (non-hydrogen) atoms. The third-order valence-corrected chi connectivity index (χ3v) is 5.75. The zero-order chi connectivity index (χ0) is 19.1. The van der Waals surface area contributed by atoms with Crippen LogP contribution in [0, 0.1) is 12.7 Å². The summed E-state index contributed by atoms with van der Waals surface area (Å²) < 4.78 is 19.7. The Morgan fingerprint density at radius 3 is 2.74 bits per heavy atom. The molecule has 142 valence electrons. The van der Waals surface area contributed by atoms with Gasteiger partial charge in [0.05, 0.1) is 19.3 Å². The summed E-state index contributed by atoms with van der Waals surface area (Å²) in [6.07, 6.45) is -0.667. The number of ether oxygens (including phenoxy) is 1. The molecule has 5 nitrogen and oxygen atoms in total. The van der Waals surface area contributed by atoms with Crippen molar-refractivity contribution >= 4 is 33.9 Å². The van der Waals surface area contributed by atoms with Crippen molar-refractivity contribution in [2.45, 2.75) is 24.0 Å². The fourth-order valence-electron chi connectivity index (χ4n) is 2.21. The lowest BCUT2D eigenvalue weighted by Crippen LogP contribution is -2.18. The van der Waals surface area contributed by atoms with E-state index in [0.717, 1.165) is 10.0 Å². The van der Waals surface area contributed by atoms with Crippen LogP contribution in [0.15, 0.2) is 52.9 Å². The van der Waals surface area contributed by atoms with Gasteiger partial charge >= 0.3 is 0 Å². The second-order valence-corrected chi connectivity index (χ2v) is 8.18. The number of aryl methyl sites for hydroxylation is 1. The van der Waals surface area contributed by atoms with Crippen molar-refractivity contribution in [3.05, 3.63) is 65.5 Å².